The molecule has 0 saturated heterocycles. The van der Waals surface area contributed by atoms with E-state index in [0.29, 0.717) is 42.8 Å². The van der Waals surface area contributed by atoms with Crippen LogP contribution in [0.3, 0.4) is 0 Å². The summed E-state index contributed by atoms with van der Waals surface area (Å²) in [4.78, 5) is 16.0. The van der Waals surface area contributed by atoms with Gasteiger partial charge >= 0.3 is 0 Å². The summed E-state index contributed by atoms with van der Waals surface area (Å²) < 4.78 is 36.3. The van der Waals surface area contributed by atoms with E-state index in [0.717, 1.165) is 61.7 Å². The van der Waals surface area contributed by atoms with Crippen LogP contribution in [-0.4, -0.2) is 39.3 Å². The molecule has 8 heteroatoms. The van der Waals surface area contributed by atoms with Gasteiger partial charge in [-0.1, -0.05) is 57.0 Å². The maximum absolute atomic E-state index is 13.6. The number of rotatable bonds is 3. The van der Waals surface area contributed by atoms with Crippen molar-refractivity contribution in [2.24, 2.45) is 23.7 Å². The summed E-state index contributed by atoms with van der Waals surface area (Å²) in [6.45, 7) is 8.48. The Morgan fingerprint density at radius 3 is 2.73 bits per heavy atom. The van der Waals surface area contributed by atoms with Gasteiger partial charge in [-0.3, -0.25) is 4.79 Å². The smallest absolute Gasteiger partial charge is 0.264 e. The average molecular weight is 639 g/mol. The molecule has 2 aromatic rings. The second kappa shape index (κ2) is 12.7. The first-order valence-corrected chi connectivity index (χ1v) is 18.6. The van der Waals surface area contributed by atoms with Gasteiger partial charge in [0, 0.05) is 29.1 Å². The minimum absolute atomic E-state index is 0.0977. The van der Waals surface area contributed by atoms with Crippen LogP contribution in [0.1, 0.15) is 93.6 Å². The van der Waals surface area contributed by atoms with Gasteiger partial charge in [0.05, 0.1) is 17.5 Å². The monoisotopic (exact) mass is 638 g/mol. The summed E-state index contributed by atoms with van der Waals surface area (Å²) in [5.41, 5.74) is 3.64. The standard InChI is InChI=1S/C36H47ClN2O4S/c1-4-8-34-24(3)9-6-10-25(5-2)30-15-12-28(30)21-39-22-36(18-7-11-26-19-29(37)14-16-31(26)36)23-43-33-17-13-27(20-32(33)39)35(40)38-44(34,41)42/h6,10,13-14,16-17,19-20,24-25,28,30,34H,4-5,7-9,11-12,15,18,21-23H2,1-3H3,(H,38,40)/b10-6+/t24?,25?,28?,30?,34?,36-/m0/s1. The predicted molar refractivity (Wildman–Crippen MR) is 178 cm³/mol. The van der Waals surface area contributed by atoms with Gasteiger partial charge in [-0.2, -0.15) is 0 Å². The molecule has 6 rings (SSSR count). The molecule has 4 aliphatic rings. The number of carbonyl (C=O) groups is 1. The minimum atomic E-state index is -3.88. The fourth-order valence-electron chi connectivity index (χ4n) is 8.42. The molecule has 1 saturated carbocycles. The number of sulfonamides is 1. The molecule has 238 valence electrons. The molecule has 2 bridgehead atoms. The highest BCUT2D eigenvalue weighted by atomic mass is 35.5. The van der Waals surface area contributed by atoms with E-state index in [-0.39, 0.29) is 11.3 Å². The van der Waals surface area contributed by atoms with E-state index in [2.05, 4.69) is 40.8 Å². The second-order valence-corrected chi connectivity index (χ2v) is 16.1. The number of amides is 1. The van der Waals surface area contributed by atoms with Gasteiger partial charge in [0.25, 0.3) is 5.91 Å². The number of aryl methyl sites for hydroxylation is 1. The van der Waals surface area contributed by atoms with E-state index >= 15 is 0 Å². The summed E-state index contributed by atoms with van der Waals surface area (Å²) in [5, 5.41) is 0.131. The molecule has 1 amide bonds. The van der Waals surface area contributed by atoms with Crippen molar-refractivity contribution in [3.63, 3.8) is 0 Å². The molecule has 2 aliphatic carbocycles. The molecule has 1 fully saturated rings. The van der Waals surface area contributed by atoms with E-state index in [1.165, 1.54) is 24.0 Å². The van der Waals surface area contributed by atoms with E-state index in [9.17, 15) is 13.2 Å². The van der Waals surface area contributed by atoms with Gasteiger partial charge in [0.2, 0.25) is 10.0 Å². The normalized spacial score (nSPS) is 32.3. The lowest BCUT2D eigenvalue weighted by molar-refractivity contribution is 0.0980. The number of hydrogen-bond acceptors (Lipinski definition) is 5. The van der Waals surface area contributed by atoms with Crippen LogP contribution in [0.25, 0.3) is 0 Å². The van der Waals surface area contributed by atoms with Gasteiger partial charge in [-0.15, -0.1) is 0 Å². The van der Waals surface area contributed by atoms with Crippen LogP contribution >= 0.6 is 11.6 Å². The summed E-state index contributed by atoms with van der Waals surface area (Å²) in [7, 11) is -3.88. The van der Waals surface area contributed by atoms with E-state index in [1.54, 1.807) is 6.07 Å². The quantitative estimate of drug-likeness (QED) is 0.349. The summed E-state index contributed by atoms with van der Waals surface area (Å²) in [5.74, 6) is 1.67. The third-order valence-corrected chi connectivity index (χ3v) is 13.2. The van der Waals surface area contributed by atoms with Crippen LogP contribution in [0.2, 0.25) is 5.02 Å². The number of carbonyl (C=O) groups excluding carboxylic acids is 1. The largest absolute Gasteiger partial charge is 0.490 e. The van der Waals surface area contributed by atoms with Gasteiger partial charge < -0.3 is 9.64 Å². The third kappa shape index (κ3) is 6.03. The van der Waals surface area contributed by atoms with Crippen molar-refractivity contribution in [3.8, 4) is 5.75 Å². The Kier molecular flexibility index (Phi) is 9.09. The molecule has 1 N–H and O–H groups in total. The van der Waals surface area contributed by atoms with Crippen molar-refractivity contribution in [2.75, 3.05) is 24.6 Å². The number of fused-ring (bicyclic) bond motifs is 4. The lowest BCUT2D eigenvalue weighted by Gasteiger charge is -2.46. The summed E-state index contributed by atoms with van der Waals surface area (Å²) >= 11 is 6.43. The van der Waals surface area contributed by atoms with Gasteiger partial charge in [-0.05, 0) is 116 Å². The fraction of sp³-hybridized carbons (Fsp3) is 0.583. The molecule has 5 unspecified atom stereocenters. The molecular formula is C36H47ClN2O4S. The van der Waals surface area contributed by atoms with Gasteiger partial charge in [0.1, 0.15) is 5.75 Å². The third-order valence-electron chi connectivity index (χ3n) is 11.0. The molecule has 1 spiro atoms. The van der Waals surface area contributed by atoms with Crippen LogP contribution in [0, 0.1) is 23.7 Å². The number of hydrogen-bond donors (Lipinski definition) is 1. The Hall–Kier alpha value is -2.51. The maximum Gasteiger partial charge on any atom is 0.264 e. The number of halogens is 1. The molecule has 6 nitrogen and oxygen atoms in total. The van der Waals surface area contributed by atoms with Crippen LogP contribution in [0.5, 0.6) is 5.75 Å². The topological polar surface area (TPSA) is 75.7 Å². The fourth-order valence-corrected chi connectivity index (χ4v) is 10.4. The van der Waals surface area contributed by atoms with Crippen molar-refractivity contribution in [1.29, 1.82) is 0 Å². The molecule has 0 radical (unpaired) electrons. The van der Waals surface area contributed by atoms with E-state index in [4.69, 9.17) is 16.3 Å². The van der Waals surface area contributed by atoms with Gasteiger partial charge in [0.15, 0.2) is 0 Å². The Balaban J connectivity index is 1.43. The number of allylic oxidation sites excluding steroid dienone is 2. The Morgan fingerprint density at radius 1 is 1.14 bits per heavy atom. The van der Waals surface area contributed by atoms with Crippen molar-refractivity contribution >= 4 is 33.2 Å². The molecule has 2 heterocycles. The lowest BCUT2D eigenvalue weighted by Crippen LogP contribution is -2.49. The first-order valence-electron chi connectivity index (χ1n) is 16.7. The lowest BCUT2D eigenvalue weighted by atomic mass is 9.65. The highest BCUT2D eigenvalue weighted by Gasteiger charge is 2.44. The zero-order chi connectivity index (χ0) is 31.1. The number of benzene rings is 2. The Bertz CT molecular complexity index is 1520. The van der Waals surface area contributed by atoms with Crippen molar-refractivity contribution in [2.45, 2.75) is 89.2 Å². The van der Waals surface area contributed by atoms with Crippen molar-refractivity contribution < 1.29 is 17.9 Å². The number of anilines is 1. The number of nitrogens with one attached hydrogen (secondary N) is 1. The van der Waals surface area contributed by atoms with Crippen LogP contribution in [-0.2, 0) is 21.9 Å². The molecular weight excluding hydrogens is 592 g/mol. The first kappa shape index (κ1) is 31.5. The molecule has 44 heavy (non-hydrogen) atoms. The predicted octanol–water partition coefficient (Wildman–Crippen LogP) is 7.69. The van der Waals surface area contributed by atoms with Crippen LogP contribution < -0.4 is 14.4 Å². The highest BCUT2D eigenvalue weighted by Crippen LogP contribution is 2.48. The SMILES string of the molecule is CCCC1C(C)C/C=C/C(CC)C2CCC2CN2C[C@@]3(CCCc4cc(Cl)ccc43)COc3ccc(cc32)C(=O)NS1(=O)=O. The number of ether oxygens (including phenoxy) is 1. The molecule has 2 aliphatic heterocycles. The maximum atomic E-state index is 13.6. The Labute approximate surface area is 268 Å². The zero-order valence-electron chi connectivity index (χ0n) is 26.4. The van der Waals surface area contributed by atoms with Crippen molar-refractivity contribution in [1.82, 2.24) is 4.72 Å². The first-order chi connectivity index (χ1) is 21.1. The average Bonchev–Trinajstić information content (AvgIpc) is 3.13. The van der Waals surface area contributed by atoms with Crippen LogP contribution in [0.15, 0.2) is 48.6 Å². The van der Waals surface area contributed by atoms with Crippen LogP contribution in [0.4, 0.5) is 5.69 Å². The zero-order valence-corrected chi connectivity index (χ0v) is 27.9. The summed E-state index contributed by atoms with van der Waals surface area (Å²) in [6.07, 6.45) is 13.1. The van der Waals surface area contributed by atoms with Gasteiger partial charge in [-0.25, -0.2) is 13.1 Å². The van der Waals surface area contributed by atoms with E-state index < -0.39 is 21.2 Å². The summed E-state index contributed by atoms with van der Waals surface area (Å²) in [6, 6.07) is 11.7. The molecule has 0 aromatic heterocycles. The van der Waals surface area contributed by atoms with E-state index in [1.807, 2.05) is 32.0 Å². The minimum Gasteiger partial charge on any atom is -0.490 e. The van der Waals surface area contributed by atoms with Crippen molar-refractivity contribution in [3.05, 3.63) is 70.3 Å². The highest BCUT2D eigenvalue weighted by molar-refractivity contribution is 7.90. The number of nitrogens with zero attached hydrogens (tertiary/aromatic N) is 1. The second-order valence-electron chi connectivity index (χ2n) is 13.8. The molecule has 2 aromatic carbocycles. The molecule has 6 atom stereocenters. The Morgan fingerprint density at radius 2 is 1.98 bits per heavy atom.